The molecule has 0 aliphatic carbocycles. The number of carboxylic acids is 1. The first kappa shape index (κ1) is 11.0. The number of carboxylic acid groups (broad SMARTS) is 1. The lowest BCUT2D eigenvalue weighted by atomic mass is 9.91. The number of aliphatic carboxylic acids is 1. The second-order valence-electron chi connectivity index (χ2n) is 3.89. The molecular weight excluding hydrogens is 206 g/mol. The van der Waals surface area contributed by atoms with Crippen LogP contribution in [0.1, 0.15) is 23.6 Å². The average molecular weight is 221 g/mol. The lowest BCUT2D eigenvalue weighted by Gasteiger charge is -2.27. The van der Waals surface area contributed by atoms with E-state index in [0.717, 1.165) is 24.3 Å². The molecule has 0 fully saturated rings. The molecule has 0 saturated heterocycles. The normalized spacial score (nSPS) is 18.9. The van der Waals surface area contributed by atoms with Crippen LogP contribution in [0.15, 0.2) is 18.2 Å². The van der Waals surface area contributed by atoms with Gasteiger partial charge in [0.1, 0.15) is 5.75 Å². The van der Waals surface area contributed by atoms with Crippen LogP contribution in [-0.4, -0.2) is 24.7 Å². The molecule has 2 N–H and O–H groups in total. The molecule has 1 atom stereocenters. The van der Waals surface area contributed by atoms with E-state index >= 15 is 0 Å². The van der Waals surface area contributed by atoms with Gasteiger partial charge in [0.2, 0.25) is 0 Å². The Morgan fingerprint density at radius 1 is 1.62 bits per heavy atom. The quantitative estimate of drug-likeness (QED) is 0.809. The lowest BCUT2D eigenvalue weighted by molar-refractivity contribution is -0.137. The van der Waals surface area contributed by atoms with Gasteiger partial charge in [-0.2, -0.15) is 0 Å². The SMILES string of the molecule is COc1cccc2c1C(CC(=O)O)NCC2. The summed E-state index contributed by atoms with van der Waals surface area (Å²) in [6, 6.07) is 5.71. The van der Waals surface area contributed by atoms with Gasteiger partial charge in [0, 0.05) is 11.6 Å². The molecule has 0 spiro atoms. The summed E-state index contributed by atoms with van der Waals surface area (Å²) in [5.41, 5.74) is 2.18. The molecule has 4 nitrogen and oxygen atoms in total. The Hall–Kier alpha value is -1.55. The van der Waals surface area contributed by atoms with Crippen LogP contribution in [0.4, 0.5) is 0 Å². The molecule has 1 aromatic carbocycles. The van der Waals surface area contributed by atoms with Crippen molar-refractivity contribution in [2.24, 2.45) is 0 Å². The first-order valence-corrected chi connectivity index (χ1v) is 5.33. The highest BCUT2D eigenvalue weighted by molar-refractivity contribution is 5.68. The third-order valence-electron chi connectivity index (χ3n) is 2.89. The van der Waals surface area contributed by atoms with Crippen LogP contribution in [0.25, 0.3) is 0 Å². The molecule has 1 unspecified atom stereocenters. The Bertz CT molecular complexity index is 389. The fraction of sp³-hybridized carbons (Fsp3) is 0.417. The maximum Gasteiger partial charge on any atom is 0.305 e. The van der Waals surface area contributed by atoms with Gasteiger partial charge in [-0.1, -0.05) is 12.1 Å². The van der Waals surface area contributed by atoms with Gasteiger partial charge in [0.15, 0.2) is 0 Å². The van der Waals surface area contributed by atoms with E-state index < -0.39 is 5.97 Å². The van der Waals surface area contributed by atoms with Gasteiger partial charge in [-0.15, -0.1) is 0 Å². The Morgan fingerprint density at radius 2 is 2.44 bits per heavy atom. The third-order valence-corrected chi connectivity index (χ3v) is 2.89. The van der Waals surface area contributed by atoms with Crippen LogP contribution in [0.2, 0.25) is 0 Å². The molecule has 0 saturated carbocycles. The van der Waals surface area contributed by atoms with Crippen molar-refractivity contribution in [3.05, 3.63) is 29.3 Å². The Balaban J connectivity index is 2.38. The summed E-state index contributed by atoms with van der Waals surface area (Å²) in [5.74, 6) is -0.0211. The number of nitrogens with one attached hydrogen (secondary N) is 1. The Kier molecular flexibility index (Phi) is 3.10. The van der Waals surface area contributed by atoms with Gasteiger partial charge in [0.25, 0.3) is 0 Å². The van der Waals surface area contributed by atoms with Crippen molar-refractivity contribution in [1.82, 2.24) is 5.32 Å². The molecule has 4 heteroatoms. The first-order chi connectivity index (χ1) is 7.72. The van der Waals surface area contributed by atoms with Crippen molar-refractivity contribution < 1.29 is 14.6 Å². The minimum Gasteiger partial charge on any atom is -0.496 e. The number of hydrogen-bond acceptors (Lipinski definition) is 3. The number of carbonyl (C=O) groups is 1. The maximum atomic E-state index is 10.8. The van der Waals surface area contributed by atoms with Crippen molar-refractivity contribution in [3.8, 4) is 5.75 Å². The summed E-state index contributed by atoms with van der Waals surface area (Å²) >= 11 is 0. The van der Waals surface area contributed by atoms with Crippen molar-refractivity contribution in [2.75, 3.05) is 13.7 Å². The second kappa shape index (κ2) is 4.53. The number of rotatable bonds is 3. The highest BCUT2D eigenvalue weighted by Gasteiger charge is 2.25. The number of ether oxygens (including phenoxy) is 1. The summed E-state index contributed by atoms with van der Waals surface area (Å²) < 4.78 is 5.29. The smallest absolute Gasteiger partial charge is 0.305 e. The minimum absolute atomic E-state index is 0.0906. The maximum absolute atomic E-state index is 10.8. The van der Waals surface area contributed by atoms with E-state index in [1.165, 1.54) is 5.56 Å². The fourth-order valence-electron chi connectivity index (χ4n) is 2.21. The van der Waals surface area contributed by atoms with E-state index in [1.54, 1.807) is 7.11 Å². The molecule has 1 aliphatic rings. The topological polar surface area (TPSA) is 58.6 Å². The molecule has 2 rings (SSSR count). The Labute approximate surface area is 94.2 Å². The molecule has 86 valence electrons. The molecule has 16 heavy (non-hydrogen) atoms. The number of fused-ring (bicyclic) bond motifs is 1. The van der Waals surface area contributed by atoms with Crippen molar-refractivity contribution in [2.45, 2.75) is 18.9 Å². The third kappa shape index (κ3) is 2.02. The van der Waals surface area contributed by atoms with Crippen LogP contribution in [-0.2, 0) is 11.2 Å². The average Bonchev–Trinajstić information content (AvgIpc) is 2.28. The van der Waals surface area contributed by atoms with Crippen LogP contribution < -0.4 is 10.1 Å². The minimum atomic E-state index is -0.795. The number of hydrogen-bond donors (Lipinski definition) is 2. The van der Waals surface area contributed by atoms with Crippen LogP contribution in [0.5, 0.6) is 5.75 Å². The number of methoxy groups -OCH3 is 1. The van der Waals surface area contributed by atoms with Gasteiger partial charge >= 0.3 is 5.97 Å². The second-order valence-corrected chi connectivity index (χ2v) is 3.89. The molecule has 0 aromatic heterocycles. The van der Waals surface area contributed by atoms with E-state index in [9.17, 15) is 4.79 Å². The predicted octanol–water partition coefficient (Wildman–Crippen LogP) is 1.36. The van der Waals surface area contributed by atoms with E-state index in [1.807, 2.05) is 18.2 Å². The zero-order valence-electron chi connectivity index (χ0n) is 9.19. The molecule has 0 amide bonds. The molecule has 1 aliphatic heterocycles. The molecule has 1 heterocycles. The van der Waals surface area contributed by atoms with Gasteiger partial charge in [-0.25, -0.2) is 0 Å². The van der Waals surface area contributed by atoms with Crippen LogP contribution in [0, 0.1) is 0 Å². The van der Waals surface area contributed by atoms with Gasteiger partial charge in [-0.05, 0) is 24.6 Å². The van der Waals surface area contributed by atoms with Gasteiger partial charge < -0.3 is 15.2 Å². The largest absolute Gasteiger partial charge is 0.496 e. The van der Waals surface area contributed by atoms with Crippen molar-refractivity contribution in [3.63, 3.8) is 0 Å². The molecule has 0 radical (unpaired) electrons. The van der Waals surface area contributed by atoms with E-state index in [2.05, 4.69) is 5.32 Å². The summed E-state index contributed by atoms with van der Waals surface area (Å²) in [6.07, 6.45) is 1.01. The molecule has 0 bridgehead atoms. The summed E-state index contributed by atoms with van der Waals surface area (Å²) in [7, 11) is 1.61. The zero-order chi connectivity index (χ0) is 11.5. The van der Waals surface area contributed by atoms with Crippen LogP contribution in [0.3, 0.4) is 0 Å². The van der Waals surface area contributed by atoms with Crippen molar-refractivity contribution >= 4 is 5.97 Å². The highest BCUT2D eigenvalue weighted by atomic mass is 16.5. The van der Waals surface area contributed by atoms with Crippen molar-refractivity contribution in [1.29, 1.82) is 0 Å². The van der Waals surface area contributed by atoms with E-state index in [0.29, 0.717) is 0 Å². The van der Waals surface area contributed by atoms with Gasteiger partial charge in [-0.3, -0.25) is 4.79 Å². The summed E-state index contributed by atoms with van der Waals surface area (Å²) in [6.45, 7) is 0.818. The fourth-order valence-corrected chi connectivity index (χ4v) is 2.21. The Morgan fingerprint density at radius 3 is 3.12 bits per heavy atom. The predicted molar refractivity (Wildman–Crippen MR) is 59.7 cm³/mol. The van der Waals surface area contributed by atoms with Gasteiger partial charge in [0.05, 0.1) is 13.5 Å². The first-order valence-electron chi connectivity index (χ1n) is 5.33. The molecular formula is C12H15NO3. The summed E-state index contributed by atoms with van der Waals surface area (Å²) in [5, 5.41) is 12.1. The number of benzene rings is 1. The van der Waals surface area contributed by atoms with E-state index in [-0.39, 0.29) is 12.5 Å². The summed E-state index contributed by atoms with van der Waals surface area (Å²) in [4.78, 5) is 10.8. The van der Waals surface area contributed by atoms with E-state index in [4.69, 9.17) is 9.84 Å². The zero-order valence-corrected chi connectivity index (χ0v) is 9.19. The monoisotopic (exact) mass is 221 g/mol. The standard InChI is InChI=1S/C12H15NO3/c1-16-10-4-2-3-8-5-6-13-9(12(8)10)7-11(14)15/h2-4,9,13H,5-7H2,1H3,(H,14,15). The van der Waals surface area contributed by atoms with Crippen LogP contribution >= 0.6 is 0 Å². The lowest BCUT2D eigenvalue weighted by Crippen LogP contribution is -2.31. The highest BCUT2D eigenvalue weighted by Crippen LogP contribution is 2.33. The molecule has 1 aromatic rings.